The molecule has 2 fully saturated rings. The highest BCUT2D eigenvalue weighted by Crippen LogP contribution is 2.38. The van der Waals surface area contributed by atoms with E-state index in [1.807, 2.05) is 36.1 Å². The Labute approximate surface area is 150 Å². The zero-order valence-electron chi connectivity index (χ0n) is 15.3. The van der Waals surface area contributed by atoms with Crippen LogP contribution in [0.25, 0.3) is 0 Å². The summed E-state index contributed by atoms with van der Waals surface area (Å²) in [5.41, 5.74) is 0.878. The van der Waals surface area contributed by atoms with Gasteiger partial charge in [-0.1, -0.05) is 12.1 Å². The summed E-state index contributed by atoms with van der Waals surface area (Å²) < 4.78 is 16.8. The van der Waals surface area contributed by atoms with Gasteiger partial charge >= 0.3 is 0 Å². The first-order valence-corrected chi connectivity index (χ1v) is 9.26. The van der Waals surface area contributed by atoms with Gasteiger partial charge in [-0.15, -0.1) is 0 Å². The van der Waals surface area contributed by atoms with Crippen LogP contribution in [0.4, 0.5) is 0 Å². The van der Waals surface area contributed by atoms with E-state index >= 15 is 0 Å². The summed E-state index contributed by atoms with van der Waals surface area (Å²) in [4.78, 5) is 14.4. The fourth-order valence-corrected chi connectivity index (χ4v) is 3.88. The molecule has 2 aliphatic rings. The molecule has 25 heavy (non-hydrogen) atoms. The van der Waals surface area contributed by atoms with Crippen molar-refractivity contribution in [2.24, 2.45) is 5.92 Å². The molecule has 1 aromatic rings. The predicted octanol–water partition coefficient (Wildman–Crippen LogP) is 2.67. The Kier molecular flexibility index (Phi) is 5.97. The smallest absolute Gasteiger partial charge is 0.227 e. The van der Waals surface area contributed by atoms with Crippen molar-refractivity contribution in [3.63, 3.8) is 0 Å². The second-order valence-electron chi connectivity index (χ2n) is 7.15. The minimum absolute atomic E-state index is 0.112. The lowest BCUT2D eigenvalue weighted by Crippen LogP contribution is -2.66. The van der Waals surface area contributed by atoms with Gasteiger partial charge in [0.05, 0.1) is 26.6 Å². The van der Waals surface area contributed by atoms with Crippen molar-refractivity contribution in [1.82, 2.24) is 4.90 Å². The predicted molar refractivity (Wildman–Crippen MR) is 95.8 cm³/mol. The fraction of sp³-hybridized carbons (Fsp3) is 0.650. The molecule has 5 heteroatoms. The Bertz CT molecular complexity index is 583. The monoisotopic (exact) mass is 347 g/mol. The number of likely N-dealkylation sites (tertiary alicyclic amines) is 1. The Hall–Kier alpha value is -1.59. The van der Waals surface area contributed by atoms with Crippen molar-refractivity contribution < 1.29 is 19.0 Å². The summed E-state index contributed by atoms with van der Waals surface area (Å²) in [7, 11) is 1.64. The number of hydrogen-bond donors (Lipinski definition) is 0. The topological polar surface area (TPSA) is 48.0 Å². The SMILES string of the molecule is CCOCC[C@H]1CCOC2(C1)CN(C(=O)Cc1cccc(OC)c1)C2. The summed E-state index contributed by atoms with van der Waals surface area (Å²) in [6.45, 7) is 5.89. The van der Waals surface area contributed by atoms with E-state index in [-0.39, 0.29) is 11.5 Å². The first-order chi connectivity index (χ1) is 12.1. The summed E-state index contributed by atoms with van der Waals surface area (Å²) >= 11 is 0. The van der Waals surface area contributed by atoms with Crippen molar-refractivity contribution >= 4 is 5.91 Å². The van der Waals surface area contributed by atoms with Crippen molar-refractivity contribution in [2.45, 2.75) is 38.2 Å². The second-order valence-corrected chi connectivity index (χ2v) is 7.15. The van der Waals surface area contributed by atoms with E-state index in [4.69, 9.17) is 14.2 Å². The van der Waals surface area contributed by atoms with Gasteiger partial charge in [-0.3, -0.25) is 4.79 Å². The summed E-state index contributed by atoms with van der Waals surface area (Å²) in [6.07, 6.45) is 3.66. The summed E-state index contributed by atoms with van der Waals surface area (Å²) in [6, 6.07) is 7.71. The number of carbonyl (C=O) groups is 1. The highest BCUT2D eigenvalue weighted by Gasteiger charge is 2.48. The molecule has 1 aromatic carbocycles. The lowest BCUT2D eigenvalue weighted by Gasteiger charge is -2.53. The molecule has 0 saturated carbocycles. The highest BCUT2D eigenvalue weighted by atomic mass is 16.5. The molecule has 1 amide bonds. The molecule has 0 aliphatic carbocycles. The highest BCUT2D eigenvalue weighted by molar-refractivity contribution is 5.80. The number of amides is 1. The van der Waals surface area contributed by atoms with Crippen LogP contribution in [0.2, 0.25) is 0 Å². The second kappa shape index (κ2) is 8.19. The molecular weight excluding hydrogens is 318 g/mol. The first-order valence-electron chi connectivity index (χ1n) is 9.26. The minimum atomic E-state index is -0.112. The van der Waals surface area contributed by atoms with Gasteiger partial charge in [0.2, 0.25) is 5.91 Å². The molecule has 2 heterocycles. The molecule has 2 aliphatic heterocycles. The Morgan fingerprint density at radius 1 is 1.40 bits per heavy atom. The maximum atomic E-state index is 12.5. The molecule has 0 aromatic heterocycles. The molecule has 138 valence electrons. The molecule has 0 bridgehead atoms. The fourth-order valence-electron chi connectivity index (χ4n) is 3.88. The van der Waals surface area contributed by atoms with Crippen molar-refractivity contribution in [3.05, 3.63) is 29.8 Å². The van der Waals surface area contributed by atoms with E-state index in [2.05, 4.69) is 0 Å². The van der Waals surface area contributed by atoms with Gasteiger partial charge in [-0.2, -0.15) is 0 Å². The maximum Gasteiger partial charge on any atom is 0.227 e. The number of hydrogen-bond acceptors (Lipinski definition) is 4. The zero-order valence-corrected chi connectivity index (χ0v) is 15.3. The summed E-state index contributed by atoms with van der Waals surface area (Å²) in [5.74, 6) is 1.60. The number of nitrogens with zero attached hydrogens (tertiary/aromatic N) is 1. The van der Waals surface area contributed by atoms with E-state index in [1.165, 1.54) is 0 Å². The van der Waals surface area contributed by atoms with Crippen molar-refractivity contribution in [1.29, 1.82) is 0 Å². The summed E-state index contributed by atoms with van der Waals surface area (Å²) in [5, 5.41) is 0. The van der Waals surface area contributed by atoms with Crippen LogP contribution in [-0.4, -0.2) is 56.4 Å². The third kappa shape index (κ3) is 4.53. The molecule has 0 unspecified atom stereocenters. The minimum Gasteiger partial charge on any atom is -0.497 e. The normalized spacial score (nSPS) is 21.8. The molecule has 1 atom stereocenters. The molecular formula is C20H29NO4. The van der Waals surface area contributed by atoms with Crippen molar-refractivity contribution in [3.8, 4) is 5.75 Å². The third-order valence-corrected chi connectivity index (χ3v) is 5.27. The van der Waals surface area contributed by atoms with Crippen LogP contribution in [0.15, 0.2) is 24.3 Å². The number of rotatable bonds is 7. The largest absolute Gasteiger partial charge is 0.497 e. The Morgan fingerprint density at radius 3 is 3.00 bits per heavy atom. The van der Waals surface area contributed by atoms with E-state index in [1.54, 1.807) is 7.11 Å². The molecule has 0 N–H and O–H groups in total. The van der Waals surface area contributed by atoms with E-state index in [0.29, 0.717) is 12.3 Å². The molecule has 5 nitrogen and oxygen atoms in total. The lowest BCUT2D eigenvalue weighted by molar-refractivity contribution is -0.188. The quantitative estimate of drug-likeness (QED) is 0.712. The lowest BCUT2D eigenvalue weighted by atomic mass is 9.79. The third-order valence-electron chi connectivity index (χ3n) is 5.27. The Morgan fingerprint density at radius 2 is 2.24 bits per heavy atom. The average molecular weight is 347 g/mol. The molecule has 2 saturated heterocycles. The molecule has 0 radical (unpaired) electrons. The van der Waals surface area contributed by atoms with Gasteiger partial charge in [0.15, 0.2) is 0 Å². The van der Waals surface area contributed by atoms with Gasteiger partial charge in [-0.05, 0) is 49.8 Å². The van der Waals surface area contributed by atoms with Crippen LogP contribution in [0.5, 0.6) is 5.75 Å². The van der Waals surface area contributed by atoms with E-state index < -0.39 is 0 Å². The standard InChI is InChI=1S/C20H29NO4/c1-3-24-9-7-16-8-10-25-20(13-16)14-21(15-20)19(22)12-17-5-4-6-18(11-17)23-2/h4-6,11,16H,3,7-10,12-15H2,1-2H3/t16-/m0/s1. The average Bonchev–Trinajstić information content (AvgIpc) is 2.60. The van der Waals surface area contributed by atoms with Crippen molar-refractivity contribution in [2.75, 3.05) is 40.0 Å². The van der Waals surface area contributed by atoms with Crippen LogP contribution in [0, 0.1) is 5.92 Å². The zero-order chi connectivity index (χ0) is 17.7. The molecule has 1 spiro atoms. The van der Waals surface area contributed by atoms with Crippen LogP contribution in [-0.2, 0) is 20.7 Å². The first kappa shape index (κ1) is 18.2. The number of ether oxygens (including phenoxy) is 3. The van der Waals surface area contributed by atoms with Gasteiger partial charge in [-0.25, -0.2) is 0 Å². The van der Waals surface area contributed by atoms with Gasteiger partial charge in [0.1, 0.15) is 11.4 Å². The van der Waals surface area contributed by atoms with E-state index in [0.717, 1.165) is 63.5 Å². The van der Waals surface area contributed by atoms with Gasteiger partial charge in [0, 0.05) is 19.8 Å². The number of methoxy groups -OCH3 is 1. The van der Waals surface area contributed by atoms with Crippen LogP contribution >= 0.6 is 0 Å². The van der Waals surface area contributed by atoms with Crippen LogP contribution in [0.3, 0.4) is 0 Å². The number of carbonyl (C=O) groups excluding carboxylic acids is 1. The van der Waals surface area contributed by atoms with Crippen LogP contribution in [0.1, 0.15) is 31.7 Å². The van der Waals surface area contributed by atoms with E-state index in [9.17, 15) is 4.79 Å². The Balaban J connectivity index is 1.48. The maximum absolute atomic E-state index is 12.5. The molecule has 3 rings (SSSR count). The van der Waals surface area contributed by atoms with Gasteiger partial charge < -0.3 is 19.1 Å². The van der Waals surface area contributed by atoms with Crippen LogP contribution < -0.4 is 4.74 Å². The van der Waals surface area contributed by atoms with Gasteiger partial charge in [0.25, 0.3) is 0 Å². The number of benzene rings is 1.